The van der Waals surface area contributed by atoms with Crippen molar-refractivity contribution in [3.05, 3.63) is 26.8 Å². The Hall–Kier alpha value is 0.150. The third-order valence-electron chi connectivity index (χ3n) is 1.44. The molecule has 0 bridgehead atoms. The maximum Gasteiger partial charge on any atom is 0.269 e. The van der Waals surface area contributed by atoms with E-state index in [0.29, 0.717) is 0 Å². The highest BCUT2D eigenvalue weighted by molar-refractivity contribution is 14.1. The van der Waals surface area contributed by atoms with E-state index < -0.39 is 17.8 Å². The molecule has 1 aromatic heterocycles. The van der Waals surface area contributed by atoms with Crippen molar-refractivity contribution in [3.63, 3.8) is 0 Å². The van der Waals surface area contributed by atoms with E-state index in [-0.39, 0.29) is 14.6 Å². The second kappa shape index (κ2) is 4.59. The molecule has 0 unspecified atom stereocenters. The summed E-state index contributed by atoms with van der Waals surface area (Å²) in [7, 11) is 0. The normalized spacial score (nSPS) is 10.9. The molecule has 0 aromatic carbocycles. The molecule has 6 heteroatoms. The van der Waals surface area contributed by atoms with Crippen LogP contribution < -0.4 is 0 Å². The molecule has 0 aliphatic rings. The first-order valence-corrected chi connectivity index (χ1v) is 5.44. The van der Waals surface area contributed by atoms with E-state index in [4.69, 9.17) is 0 Å². The van der Waals surface area contributed by atoms with Gasteiger partial charge in [-0.15, -0.1) is 0 Å². The molecule has 13 heavy (non-hydrogen) atoms. The molecule has 0 spiro atoms. The van der Waals surface area contributed by atoms with E-state index in [1.807, 2.05) is 0 Å². The van der Waals surface area contributed by atoms with Crippen LogP contribution >= 0.6 is 38.5 Å². The number of halogens is 5. The van der Waals surface area contributed by atoms with Crippen LogP contribution in [0.5, 0.6) is 0 Å². The van der Waals surface area contributed by atoms with Gasteiger partial charge in [-0.2, -0.15) is 0 Å². The number of nitrogens with zero attached hydrogens (tertiary/aromatic N) is 1. The number of aromatic nitrogens is 1. The summed E-state index contributed by atoms with van der Waals surface area (Å²) in [5.41, 5.74) is -0.465. The van der Waals surface area contributed by atoms with Gasteiger partial charge >= 0.3 is 0 Å². The standard InChI is InChI=1S/C7H4BrF3IN/c8-1-3-2-13-7(12)4(5(3)9)6(10)11/h2,6H,1H2. The van der Waals surface area contributed by atoms with Crippen molar-refractivity contribution in [3.8, 4) is 0 Å². The van der Waals surface area contributed by atoms with Crippen molar-refractivity contribution in [2.24, 2.45) is 0 Å². The smallest absolute Gasteiger partial charge is 0.249 e. The quantitative estimate of drug-likeness (QED) is 0.443. The van der Waals surface area contributed by atoms with Crippen molar-refractivity contribution in [2.75, 3.05) is 0 Å². The molecule has 1 aromatic rings. The number of pyridine rings is 1. The highest BCUT2D eigenvalue weighted by Gasteiger charge is 2.20. The van der Waals surface area contributed by atoms with E-state index in [1.165, 1.54) is 6.20 Å². The van der Waals surface area contributed by atoms with Crippen molar-refractivity contribution in [1.29, 1.82) is 0 Å². The van der Waals surface area contributed by atoms with Gasteiger partial charge in [-0.1, -0.05) is 15.9 Å². The summed E-state index contributed by atoms with van der Waals surface area (Å²) < 4.78 is 37.8. The lowest BCUT2D eigenvalue weighted by atomic mass is 10.2. The lowest BCUT2D eigenvalue weighted by molar-refractivity contribution is 0.144. The van der Waals surface area contributed by atoms with Crippen LogP contribution in [0.25, 0.3) is 0 Å². The van der Waals surface area contributed by atoms with Crippen molar-refractivity contribution in [2.45, 2.75) is 11.8 Å². The fraction of sp³-hybridized carbons (Fsp3) is 0.286. The first kappa shape index (κ1) is 11.2. The van der Waals surface area contributed by atoms with Gasteiger partial charge in [0.05, 0.1) is 5.56 Å². The molecule has 0 N–H and O–H groups in total. The van der Waals surface area contributed by atoms with Crippen molar-refractivity contribution < 1.29 is 13.2 Å². The summed E-state index contributed by atoms with van der Waals surface area (Å²) >= 11 is 4.58. The Morgan fingerprint density at radius 3 is 2.62 bits per heavy atom. The number of hydrogen-bond donors (Lipinski definition) is 0. The monoisotopic (exact) mass is 365 g/mol. The fourth-order valence-corrected chi connectivity index (χ4v) is 1.81. The van der Waals surface area contributed by atoms with Gasteiger partial charge in [0.25, 0.3) is 6.43 Å². The second-order valence-corrected chi connectivity index (χ2v) is 3.82. The molecule has 0 fully saturated rings. The summed E-state index contributed by atoms with van der Waals surface area (Å²) in [5, 5.41) is 0.183. The fourth-order valence-electron chi connectivity index (χ4n) is 0.803. The van der Waals surface area contributed by atoms with Crippen LogP contribution in [0.1, 0.15) is 17.6 Å². The van der Waals surface area contributed by atoms with Crippen LogP contribution in [0, 0.1) is 9.52 Å². The van der Waals surface area contributed by atoms with Crippen molar-refractivity contribution >= 4 is 38.5 Å². The van der Waals surface area contributed by atoms with E-state index in [2.05, 4.69) is 20.9 Å². The summed E-state index contributed by atoms with van der Waals surface area (Å²) in [4.78, 5) is 3.67. The minimum Gasteiger partial charge on any atom is -0.249 e. The highest BCUT2D eigenvalue weighted by atomic mass is 127. The van der Waals surface area contributed by atoms with Gasteiger partial charge in [0.1, 0.15) is 9.52 Å². The first-order valence-electron chi connectivity index (χ1n) is 3.24. The van der Waals surface area contributed by atoms with Crippen LogP contribution in [0.15, 0.2) is 6.20 Å². The molecule has 0 aliphatic carbocycles. The van der Waals surface area contributed by atoms with Crippen LogP contribution in [0.3, 0.4) is 0 Å². The number of alkyl halides is 3. The Balaban J connectivity index is 3.30. The van der Waals surface area contributed by atoms with Gasteiger partial charge in [-0.05, 0) is 22.6 Å². The molecule has 0 aliphatic heterocycles. The number of hydrogen-bond acceptors (Lipinski definition) is 1. The lowest BCUT2D eigenvalue weighted by Crippen LogP contribution is -2.01. The van der Waals surface area contributed by atoms with Crippen LogP contribution in [0.2, 0.25) is 0 Å². The minimum atomic E-state index is -2.82. The molecule has 0 radical (unpaired) electrons. The summed E-state index contributed by atoms with van der Waals surface area (Å²) in [5.74, 6) is -0.869. The molecule has 0 amide bonds. The molecule has 1 nitrogen and oxygen atoms in total. The van der Waals surface area contributed by atoms with E-state index >= 15 is 0 Å². The topological polar surface area (TPSA) is 12.9 Å². The highest BCUT2D eigenvalue weighted by Crippen LogP contribution is 2.28. The SMILES string of the molecule is Fc1c(CBr)cnc(I)c1C(F)F. The van der Waals surface area contributed by atoms with Gasteiger partial charge in [0.15, 0.2) is 0 Å². The lowest BCUT2D eigenvalue weighted by Gasteiger charge is -2.06. The van der Waals surface area contributed by atoms with Crippen LogP contribution in [0.4, 0.5) is 13.2 Å². The molecule has 0 atom stereocenters. The molecule has 0 saturated heterocycles. The number of rotatable bonds is 2. The molecule has 72 valence electrons. The van der Waals surface area contributed by atoms with Crippen molar-refractivity contribution in [1.82, 2.24) is 4.98 Å². The van der Waals surface area contributed by atoms with E-state index in [0.717, 1.165) is 0 Å². The molecular formula is C7H4BrF3IN. The zero-order valence-electron chi connectivity index (χ0n) is 6.20. The van der Waals surface area contributed by atoms with Gasteiger partial charge < -0.3 is 0 Å². The van der Waals surface area contributed by atoms with E-state index in [9.17, 15) is 13.2 Å². The minimum absolute atomic E-state index is 0.00907. The molecule has 0 saturated carbocycles. The third-order valence-corrected chi connectivity index (χ3v) is 2.90. The maximum atomic E-state index is 13.2. The average Bonchev–Trinajstić information content (AvgIpc) is 2.04. The average molecular weight is 366 g/mol. The van der Waals surface area contributed by atoms with Gasteiger partial charge in [-0.25, -0.2) is 18.2 Å². The Morgan fingerprint density at radius 2 is 2.15 bits per heavy atom. The predicted molar refractivity (Wildman–Crippen MR) is 54.5 cm³/mol. The van der Waals surface area contributed by atoms with Crippen LogP contribution in [-0.4, -0.2) is 4.98 Å². The van der Waals surface area contributed by atoms with Gasteiger partial charge in [-0.3, -0.25) is 0 Å². The van der Waals surface area contributed by atoms with Gasteiger partial charge in [0, 0.05) is 17.1 Å². The summed E-state index contributed by atoms with van der Waals surface area (Å²) in [6.45, 7) is 0. The summed E-state index contributed by atoms with van der Waals surface area (Å²) in [6.07, 6.45) is -1.57. The zero-order valence-corrected chi connectivity index (χ0v) is 9.94. The Morgan fingerprint density at radius 1 is 1.54 bits per heavy atom. The molecule has 1 rings (SSSR count). The third kappa shape index (κ3) is 2.34. The maximum absolute atomic E-state index is 13.2. The van der Waals surface area contributed by atoms with E-state index in [1.54, 1.807) is 22.6 Å². The van der Waals surface area contributed by atoms with Crippen LogP contribution in [-0.2, 0) is 5.33 Å². The Kier molecular flexibility index (Phi) is 3.96. The largest absolute Gasteiger partial charge is 0.269 e. The molecular weight excluding hydrogens is 362 g/mol. The first-order chi connectivity index (χ1) is 6.07. The molecule has 1 heterocycles. The second-order valence-electron chi connectivity index (χ2n) is 2.24. The zero-order chi connectivity index (χ0) is 10.0. The Bertz CT molecular complexity index is 319. The Labute approximate surface area is 95.0 Å². The van der Waals surface area contributed by atoms with Gasteiger partial charge in [0.2, 0.25) is 0 Å². The summed E-state index contributed by atoms with van der Waals surface area (Å²) in [6, 6.07) is 0. The predicted octanol–water partition coefficient (Wildman–Crippen LogP) is 3.66.